The van der Waals surface area contributed by atoms with E-state index >= 15 is 0 Å². The van der Waals surface area contributed by atoms with Crippen LogP contribution in [0.2, 0.25) is 0 Å². The summed E-state index contributed by atoms with van der Waals surface area (Å²) in [4.78, 5) is 14.0. The fraction of sp³-hybridized carbons (Fsp3) is 0.556. The monoisotopic (exact) mass is 235 g/mol. The van der Waals surface area contributed by atoms with Crippen LogP contribution >= 0.6 is 0 Å². The molecule has 0 saturated heterocycles. The minimum Gasteiger partial charge on any atom is -0.475 e. The molecule has 0 aliphatic rings. The highest BCUT2D eigenvalue weighted by atomic mass is 19.3. The zero-order chi connectivity index (χ0) is 12.1. The van der Waals surface area contributed by atoms with E-state index in [4.69, 9.17) is 14.3 Å². The Hall–Kier alpha value is -1.50. The number of methoxy groups -OCH3 is 1. The molecule has 0 saturated carbocycles. The number of aromatic carboxylic acids is 1. The van der Waals surface area contributed by atoms with Crippen molar-refractivity contribution in [2.75, 3.05) is 13.7 Å². The number of oxazole rings is 1. The third kappa shape index (κ3) is 2.99. The molecular weight excluding hydrogens is 224 g/mol. The number of carbonyl (C=O) groups is 1. The first kappa shape index (κ1) is 12.6. The van der Waals surface area contributed by atoms with Crippen LogP contribution in [0.4, 0.5) is 8.78 Å². The van der Waals surface area contributed by atoms with Crippen molar-refractivity contribution >= 4 is 5.97 Å². The van der Waals surface area contributed by atoms with E-state index in [1.807, 2.05) is 0 Å². The van der Waals surface area contributed by atoms with Crippen LogP contribution in [-0.2, 0) is 11.2 Å². The molecule has 1 N–H and O–H groups in total. The van der Waals surface area contributed by atoms with E-state index in [1.165, 1.54) is 7.11 Å². The number of nitrogens with zero attached hydrogens (tertiary/aromatic N) is 1. The van der Waals surface area contributed by atoms with Gasteiger partial charge in [0.2, 0.25) is 5.76 Å². The first-order valence-corrected chi connectivity index (χ1v) is 4.56. The fourth-order valence-electron chi connectivity index (χ4n) is 1.15. The van der Waals surface area contributed by atoms with Gasteiger partial charge in [0.15, 0.2) is 11.6 Å². The minimum absolute atomic E-state index is 0.00949. The zero-order valence-electron chi connectivity index (χ0n) is 8.57. The maximum Gasteiger partial charge on any atom is 0.374 e. The molecule has 5 nitrogen and oxygen atoms in total. The van der Waals surface area contributed by atoms with Gasteiger partial charge in [-0.15, -0.1) is 0 Å². The fourth-order valence-corrected chi connectivity index (χ4v) is 1.15. The molecule has 0 aliphatic carbocycles. The summed E-state index contributed by atoms with van der Waals surface area (Å²) >= 11 is 0. The van der Waals surface area contributed by atoms with Crippen LogP contribution in [-0.4, -0.2) is 29.8 Å². The number of aryl methyl sites for hydroxylation is 1. The second-order valence-electron chi connectivity index (χ2n) is 3.02. The maximum atomic E-state index is 12.4. The molecule has 0 atom stereocenters. The van der Waals surface area contributed by atoms with Gasteiger partial charge < -0.3 is 14.3 Å². The van der Waals surface area contributed by atoms with Gasteiger partial charge in [0.1, 0.15) is 0 Å². The second kappa shape index (κ2) is 5.55. The van der Waals surface area contributed by atoms with Crippen LogP contribution in [0.25, 0.3) is 0 Å². The van der Waals surface area contributed by atoms with Crippen LogP contribution in [0, 0.1) is 0 Å². The van der Waals surface area contributed by atoms with E-state index in [2.05, 4.69) is 4.98 Å². The molecule has 0 radical (unpaired) electrons. The SMILES string of the molecule is COCCCc1nc(C(F)F)c(C(=O)O)o1. The summed E-state index contributed by atoms with van der Waals surface area (Å²) in [5.41, 5.74) is -0.820. The van der Waals surface area contributed by atoms with Crippen molar-refractivity contribution in [3.8, 4) is 0 Å². The van der Waals surface area contributed by atoms with Gasteiger partial charge >= 0.3 is 5.97 Å². The Balaban J connectivity index is 2.80. The third-order valence-corrected chi connectivity index (χ3v) is 1.84. The lowest BCUT2D eigenvalue weighted by atomic mass is 10.3. The predicted molar refractivity (Wildman–Crippen MR) is 48.6 cm³/mol. The van der Waals surface area contributed by atoms with Crippen molar-refractivity contribution in [3.63, 3.8) is 0 Å². The summed E-state index contributed by atoms with van der Waals surface area (Å²) in [7, 11) is 1.50. The molecule has 0 fully saturated rings. The van der Waals surface area contributed by atoms with Crippen molar-refractivity contribution in [3.05, 3.63) is 17.3 Å². The van der Waals surface area contributed by atoms with Crippen LogP contribution in [0.5, 0.6) is 0 Å². The molecule has 0 spiro atoms. The Labute approximate surface area is 90.0 Å². The largest absolute Gasteiger partial charge is 0.475 e. The number of carboxylic acid groups (broad SMARTS) is 1. The summed E-state index contributed by atoms with van der Waals surface area (Å²) < 4.78 is 34.3. The molecule has 90 valence electrons. The average molecular weight is 235 g/mol. The van der Waals surface area contributed by atoms with E-state index in [9.17, 15) is 13.6 Å². The molecule has 1 aromatic rings. The first-order valence-electron chi connectivity index (χ1n) is 4.56. The number of alkyl halides is 2. The zero-order valence-corrected chi connectivity index (χ0v) is 8.57. The van der Waals surface area contributed by atoms with Gasteiger partial charge in [-0.3, -0.25) is 0 Å². The van der Waals surface area contributed by atoms with Crippen molar-refractivity contribution in [1.29, 1.82) is 0 Å². The van der Waals surface area contributed by atoms with Crippen LogP contribution in [0.1, 0.15) is 35.0 Å². The standard InChI is InChI=1S/C9H11F2NO4/c1-15-4-2-3-5-12-6(8(10)11)7(16-5)9(13)14/h8H,2-4H2,1H3,(H,13,14). The summed E-state index contributed by atoms with van der Waals surface area (Å²) in [6.07, 6.45) is -2.16. The van der Waals surface area contributed by atoms with Crippen LogP contribution in [0.3, 0.4) is 0 Å². The van der Waals surface area contributed by atoms with Crippen molar-refractivity contribution in [1.82, 2.24) is 4.98 Å². The van der Waals surface area contributed by atoms with E-state index in [0.29, 0.717) is 13.0 Å². The maximum absolute atomic E-state index is 12.4. The molecule has 0 aliphatic heterocycles. The summed E-state index contributed by atoms with van der Waals surface area (Å²) in [5.74, 6) is -2.34. The molecule has 0 aromatic carbocycles. The molecule has 0 unspecified atom stereocenters. The molecule has 0 amide bonds. The topological polar surface area (TPSA) is 72.6 Å². The number of ether oxygens (including phenoxy) is 1. The van der Waals surface area contributed by atoms with Crippen LogP contribution in [0.15, 0.2) is 4.42 Å². The normalized spacial score (nSPS) is 11.0. The lowest BCUT2D eigenvalue weighted by Gasteiger charge is -1.94. The van der Waals surface area contributed by atoms with E-state index in [-0.39, 0.29) is 12.3 Å². The van der Waals surface area contributed by atoms with Gasteiger partial charge in [0.05, 0.1) is 0 Å². The Morgan fingerprint density at radius 1 is 1.62 bits per heavy atom. The first-order chi connectivity index (χ1) is 7.56. The van der Waals surface area contributed by atoms with Crippen molar-refractivity contribution in [2.24, 2.45) is 0 Å². The Morgan fingerprint density at radius 3 is 2.75 bits per heavy atom. The van der Waals surface area contributed by atoms with Crippen molar-refractivity contribution in [2.45, 2.75) is 19.3 Å². The second-order valence-corrected chi connectivity index (χ2v) is 3.02. The molecule has 7 heteroatoms. The minimum atomic E-state index is -2.95. The summed E-state index contributed by atoms with van der Waals surface area (Å²) in [5, 5.41) is 8.61. The molecule has 1 heterocycles. The van der Waals surface area contributed by atoms with Gasteiger partial charge in [-0.1, -0.05) is 0 Å². The highest BCUT2D eigenvalue weighted by molar-refractivity contribution is 5.85. The number of carboxylic acids is 1. The number of hydrogen-bond acceptors (Lipinski definition) is 4. The lowest BCUT2D eigenvalue weighted by Crippen LogP contribution is -1.99. The highest BCUT2D eigenvalue weighted by Gasteiger charge is 2.25. The van der Waals surface area contributed by atoms with E-state index in [1.54, 1.807) is 0 Å². The van der Waals surface area contributed by atoms with Gasteiger partial charge in [0, 0.05) is 20.1 Å². The third-order valence-electron chi connectivity index (χ3n) is 1.84. The molecular formula is C9H11F2NO4. The Bertz CT molecular complexity index is 364. The number of halogens is 2. The predicted octanol–water partition coefficient (Wildman–Crippen LogP) is 1.89. The molecule has 16 heavy (non-hydrogen) atoms. The van der Waals surface area contributed by atoms with E-state index < -0.39 is 23.8 Å². The summed E-state index contributed by atoms with van der Waals surface area (Å²) in [6.45, 7) is 0.425. The quantitative estimate of drug-likeness (QED) is 0.762. The number of hydrogen-bond donors (Lipinski definition) is 1. The molecule has 0 bridgehead atoms. The van der Waals surface area contributed by atoms with Gasteiger partial charge in [-0.2, -0.15) is 0 Å². The number of rotatable bonds is 6. The average Bonchev–Trinajstić information content (AvgIpc) is 2.62. The van der Waals surface area contributed by atoms with Crippen molar-refractivity contribution < 1.29 is 27.8 Å². The smallest absolute Gasteiger partial charge is 0.374 e. The number of aromatic nitrogens is 1. The van der Waals surface area contributed by atoms with Gasteiger partial charge in [-0.05, 0) is 6.42 Å². The van der Waals surface area contributed by atoms with Gasteiger partial charge in [-0.25, -0.2) is 18.6 Å². The molecule has 1 aromatic heterocycles. The highest BCUT2D eigenvalue weighted by Crippen LogP contribution is 2.23. The Kier molecular flexibility index (Phi) is 4.36. The van der Waals surface area contributed by atoms with E-state index in [0.717, 1.165) is 0 Å². The summed E-state index contributed by atoms with van der Waals surface area (Å²) in [6, 6.07) is 0. The lowest BCUT2D eigenvalue weighted by molar-refractivity contribution is 0.0644. The van der Waals surface area contributed by atoms with Gasteiger partial charge in [0.25, 0.3) is 6.43 Å². The Morgan fingerprint density at radius 2 is 2.31 bits per heavy atom. The van der Waals surface area contributed by atoms with Crippen LogP contribution < -0.4 is 0 Å². The molecule has 1 rings (SSSR count).